The van der Waals surface area contributed by atoms with Gasteiger partial charge in [-0.2, -0.15) is 0 Å². The Morgan fingerprint density at radius 2 is 2.17 bits per heavy atom. The van der Waals surface area contributed by atoms with Crippen molar-refractivity contribution in [1.82, 2.24) is 10.2 Å². The summed E-state index contributed by atoms with van der Waals surface area (Å²) >= 11 is 5.66. The van der Waals surface area contributed by atoms with Crippen molar-refractivity contribution < 1.29 is 9.52 Å². The lowest BCUT2D eigenvalue weighted by Gasteiger charge is -1.99. The number of aliphatic hydroxyl groups is 1. The van der Waals surface area contributed by atoms with E-state index in [1.54, 1.807) is 6.92 Å². The first-order valence-corrected chi connectivity index (χ1v) is 3.92. The molecule has 0 aliphatic rings. The van der Waals surface area contributed by atoms with Crippen LogP contribution in [-0.4, -0.2) is 21.9 Å². The highest BCUT2D eigenvalue weighted by Gasteiger charge is 2.15. The molecule has 0 aliphatic heterocycles. The Morgan fingerprint density at radius 3 is 2.58 bits per heavy atom. The third-order valence-corrected chi connectivity index (χ3v) is 1.50. The number of hydrogen-bond donors (Lipinski definition) is 2. The van der Waals surface area contributed by atoms with Gasteiger partial charge in [-0.05, 0) is 6.92 Å². The summed E-state index contributed by atoms with van der Waals surface area (Å²) in [5, 5.41) is 15.6. The summed E-state index contributed by atoms with van der Waals surface area (Å²) in [6, 6.07) is -0.623. The molecule has 0 fully saturated rings. The molecule has 1 aromatic heterocycles. The molecule has 0 aromatic carbocycles. The second kappa shape index (κ2) is 3.84. The van der Waals surface area contributed by atoms with Crippen LogP contribution in [0.3, 0.4) is 0 Å². The van der Waals surface area contributed by atoms with E-state index in [4.69, 9.17) is 26.9 Å². The third-order valence-electron chi connectivity index (χ3n) is 1.31. The Hall–Kier alpha value is -0.650. The molecule has 3 N–H and O–H groups in total. The first kappa shape index (κ1) is 9.44. The molecule has 0 radical (unpaired) electrons. The Kier molecular flexibility index (Phi) is 3.02. The predicted molar refractivity (Wildman–Crippen MR) is 42.6 cm³/mol. The molecule has 0 aliphatic carbocycles. The number of aromatic nitrogens is 2. The molecule has 5 nitrogen and oxygen atoms in total. The van der Waals surface area contributed by atoms with E-state index in [0.717, 1.165) is 0 Å². The summed E-state index contributed by atoms with van der Waals surface area (Å²) in [4.78, 5) is 0. The highest BCUT2D eigenvalue weighted by atomic mass is 35.5. The zero-order valence-electron chi connectivity index (χ0n) is 6.57. The lowest BCUT2D eigenvalue weighted by atomic mass is 10.3. The number of alkyl halides is 1. The second-order valence-corrected chi connectivity index (χ2v) is 3.04. The normalized spacial score (nSPS) is 16.0. The van der Waals surface area contributed by atoms with Crippen molar-refractivity contribution in [2.45, 2.75) is 18.3 Å². The lowest BCUT2D eigenvalue weighted by Crippen LogP contribution is -2.14. The molecule has 1 aromatic rings. The summed E-state index contributed by atoms with van der Waals surface area (Å²) in [5.74, 6) is 0.524. The van der Waals surface area contributed by atoms with Crippen LogP contribution in [0.2, 0.25) is 0 Å². The molecule has 0 saturated heterocycles. The SMILES string of the molecule is C[C@H](Cl)c1nnc([C@H](N)CO)o1. The molecule has 1 heterocycles. The minimum Gasteiger partial charge on any atom is -0.422 e. The molecule has 0 bridgehead atoms. The molecule has 0 saturated carbocycles. The van der Waals surface area contributed by atoms with Gasteiger partial charge in [-0.3, -0.25) is 0 Å². The number of nitrogens with zero attached hydrogens (tertiary/aromatic N) is 2. The lowest BCUT2D eigenvalue weighted by molar-refractivity contribution is 0.246. The largest absolute Gasteiger partial charge is 0.422 e. The van der Waals surface area contributed by atoms with E-state index in [1.807, 2.05) is 0 Å². The van der Waals surface area contributed by atoms with Gasteiger partial charge in [-0.25, -0.2) is 0 Å². The maximum absolute atomic E-state index is 8.65. The van der Waals surface area contributed by atoms with Crippen molar-refractivity contribution in [2.75, 3.05) is 6.61 Å². The second-order valence-electron chi connectivity index (χ2n) is 2.38. The third kappa shape index (κ3) is 1.94. The van der Waals surface area contributed by atoms with Crippen LogP contribution in [0.5, 0.6) is 0 Å². The molecule has 2 atom stereocenters. The molecule has 1 rings (SSSR count). The highest BCUT2D eigenvalue weighted by Crippen LogP contribution is 2.18. The quantitative estimate of drug-likeness (QED) is 0.674. The fourth-order valence-corrected chi connectivity index (χ4v) is 0.723. The molecular weight excluding hydrogens is 182 g/mol. The van der Waals surface area contributed by atoms with Gasteiger partial charge in [0.15, 0.2) is 0 Å². The van der Waals surface area contributed by atoms with E-state index in [2.05, 4.69) is 10.2 Å². The summed E-state index contributed by atoms with van der Waals surface area (Å²) in [6.45, 7) is 1.49. The van der Waals surface area contributed by atoms with Crippen LogP contribution >= 0.6 is 11.6 Å². The maximum atomic E-state index is 8.65. The molecule has 6 heteroatoms. The van der Waals surface area contributed by atoms with Gasteiger partial charge in [0, 0.05) is 0 Å². The van der Waals surface area contributed by atoms with Crippen LogP contribution in [0, 0.1) is 0 Å². The van der Waals surface area contributed by atoms with E-state index < -0.39 is 6.04 Å². The van der Waals surface area contributed by atoms with E-state index in [-0.39, 0.29) is 17.9 Å². The van der Waals surface area contributed by atoms with Crippen LogP contribution in [0.15, 0.2) is 4.42 Å². The fraction of sp³-hybridized carbons (Fsp3) is 0.667. The molecular formula is C6H10ClN3O2. The van der Waals surface area contributed by atoms with Crippen molar-refractivity contribution in [2.24, 2.45) is 5.73 Å². The fourth-order valence-electron chi connectivity index (χ4n) is 0.635. The number of aliphatic hydroxyl groups excluding tert-OH is 1. The van der Waals surface area contributed by atoms with Crippen molar-refractivity contribution >= 4 is 11.6 Å². The zero-order chi connectivity index (χ0) is 9.14. The van der Waals surface area contributed by atoms with Crippen LogP contribution in [0.4, 0.5) is 0 Å². The maximum Gasteiger partial charge on any atom is 0.235 e. The molecule has 0 amide bonds. The van der Waals surface area contributed by atoms with Crippen LogP contribution in [-0.2, 0) is 0 Å². The minimum atomic E-state index is -0.623. The minimum absolute atomic E-state index is 0.208. The zero-order valence-corrected chi connectivity index (χ0v) is 7.32. The van der Waals surface area contributed by atoms with Gasteiger partial charge in [0.2, 0.25) is 11.8 Å². The van der Waals surface area contributed by atoms with Crippen molar-refractivity contribution in [3.63, 3.8) is 0 Å². The van der Waals surface area contributed by atoms with Gasteiger partial charge in [-0.15, -0.1) is 21.8 Å². The van der Waals surface area contributed by atoms with E-state index in [9.17, 15) is 0 Å². The predicted octanol–water partition coefficient (Wildman–Crippen LogP) is 0.362. The van der Waals surface area contributed by atoms with Gasteiger partial charge in [0.25, 0.3) is 0 Å². The first-order chi connectivity index (χ1) is 5.65. The van der Waals surface area contributed by atoms with Crippen LogP contribution < -0.4 is 5.73 Å². The van der Waals surface area contributed by atoms with E-state index >= 15 is 0 Å². The standard InChI is InChI=1S/C6H10ClN3O2/c1-3(7)5-9-10-6(12-5)4(8)2-11/h3-4,11H,2,8H2,1H3/t3-,4+/m0/s1. The number of halogens is 1. The summed E-state index contributed by atoms with van der Waals surface area (Å²) < 4.78 is 5.06. The first-order valence-electron chi connectivity index (χ1n) is 3.49. The van der Waals surface area contributed by atoms with Gasteiger partial charge < -0.3 is 15.3 Å². The number of nitrogens with two attached hydrogens (primary N) is 1. The van der Waals surface area contributed by atoms with E-state index in [0.29, 0.717) is 5.89 Å². The van der Waals surface area contributed by atoms with E-state index in [1.165, 1.54) is 0 Å². The van der Waals surface area contributed by atoms with Gasteiger partial charge in [0.05, 0.1) is 6.61 Å². The molecule has 68 valence electrons. The number of hydrogen-bond acceptors (Lipinski definition) is 5. The molecule has 12 heavy (non-hydrogen) atoms. The smallest absolute Gasteiger partial charge is 0.235 e. The van der Waals surface area contributed by atoms with Crippen molar-refractivity contribution in [3.8, 4) is 0 Å². The molecule has 0 spiro atoms. The van der Waals surface area contributed by atoms with Crippen LogP contribution in [0.1, 0.15) is 30.1 Å². The number of rotatable bonds is 3. The van der Waals surface area contributed by atoms with Gasteiger partial charge in [0.1, 0.15) is 11.4 Å². The van der Waals surface area contributed by atoms with Gasteiger partial charge >= 0.3 is 0 Å². The Labute approximate surface area is 74.5 Å². The Bertz CT molecular complexity index is 251. The topological polar surface area (TPSA) is 85.2 Å². The summed E-state index contributed by atoms with van der Waals surface area (Å²) in [5.41, 5.74) is 5.42. The monoisotopic (exact) mass is 191 g/mol. The Balaban J connectivity index is 2.77. The Morgan fingerprint density at radius 1 is 1.58 bits per heavy atom. The average Bonchev–Trinajstić information content (AvgIpc) is 2.51. The average molecular weight is 192 g/mol. The van der Waals surface area contributed by atoms with Gasteiger partial charge in [-0.1, -0.05) is 0 Å². The van der Waals surface area contributed by atoms with Crippen molar-refractivity contribution in [3.05, 3.63) is 11.8 Å². The molecule has 0 unspecified atom stereocenters. The summed E-state index contributed by atoms with van der Waals surface area (Å²) in [7, 11) is 0. The van der Waals surface area contributed by atoms with Crippen LogP contribution in [0.25, 0.3) is 0 Å². The summed E-state index contributed by atoms with van der Waals surface area (Å²) in [6.07, 6.45) is 0. The van der Waals surface area contributed by atoms with Crippen molar-refractivity contribution in [1.29, 1.82) is 0 Å². The highest BCUT2D eigenvalue weighted by molar-refractivity contribution is 6.20.